The first-order chi connectivity index (χ1) is 9.77. The van der Waals surface area contributed by atoms with Crippen LogP contribution in [0.2, 0.25) is 0 Å². The average molecular weight is 312 g/mol. The van der Waals surface area contributed by atoms with Crippen molar-refractivity contribution in [2.75, 3.05) is 13.1 Å². The van der Waals surface area contributed by atoms with E-state index in [2.05, 4.69) is 11.9 Å². The standard InChI is InChI=1S/C15H24N2O3S/c1-14(2,3)20-13(18)17-7-5-6-15(4,10-17)19-8-12-9-21-11-16-12/h9,11H,5-8,10H2,1-4H3. The van der Waals surface area contributed by atoms with Gasteiger partial charge in [-0.1, -0.05) is 0 Å². The van der Waals surface area contributed by atoms with Crippen molar-refractivity contribution in [2.24, 2.45) is 0 Å². The lowest BCUT2D eigenvalue weighted by molar-refractivity contribution is -0.0886. The lowest BCUT2D eigenvalue weighted by Gasteiger charge is -2.40. The molecule has 0 spiro atoms. The van der Waals surface area contributed by atoms with Gasteiger partial charge in [0.25, 0.3) is 0 Å². The molecule has 0 aromatic carbocycles. The molecular weight excluding hydrogens is 288 g/mol. The molecule has 0 N–H and O–H groups in total. The van der Waals surface area contributed by atoms with Gasteiger partial charge in [0.1, 0.15) is 5.60 Å². The van der Waals surface area contributed by atoms with Crippen molar-refractivity contribution in [3.8, 4) is 0 Å². The molecule has 1 unspecified atom stereocenters. The number of ether oxygens (including phenoxy) is 2. The fourth-order valence-corrected chi connectivity index (χ4v) is 2.91. The summed E-state index contributed by atoms with van der Waals surface area (Å²) in [6.07, 6.45) is 1.61. The SMILES string of the molecule is CC(C)(C)OC(=O)N1CCCC(C)(OCc2cscn2)C1. The minimum atomic E-state index is -0.466. The summed E-state index contributed by atoms with van der Waals surface area (Å²) in [4.78, 5) is 18.1. The number of likely N-dealkylation sites (tertiary alicyclic amines) is 1. The van der Waals surface area contributed by atoms with Crippen LogP contribution in [0.15, 0.2) is 10.9 Å². The van der Waals surface area contributed by atoms with E-state index in [1.54, 1.807) is 21.7 Å². The second kappa shape index (κ2) is 6.32. The van der Waals surface area contributed by atoms with Gasteiger partial charge in [-0.2, -0.15) is 0 Å². The van der Waals surface area contributed by atoms with Crippen LogP contribution in [0.5, 0.6) is 0 Å². The van der Waals surface area contributed by atoms with Crippen LogP contribution in [-0.2, 0) is 16.1 Å². The van der Waals surface area contributed by atoms with Gasteiger partial charge < -0.3 is 14.4 Å². The number of piperidine rings is 1. The molecule has 6 heteroatoms. The summed E-state index contributed by atoms with van der Waals surface area (Å²) in [5.74, 6) is 0. The molecule has 1 amide bonds. The summed E-state index contributed by atoms with van der Waals surface area (Å²) in [5, 5.41) is 1.98. The van der Waals surface area contributed by atoms with Crippen molar-refractivity contribution < 1.29 is 14.3 Å². The first-order valence-electron chi connectivity index (χ1n) is 7.26. The van der Waals surface area contributed by atoms with Gasteiger partial charge >= 0.3 is 6.09 Å². The Bertz CT molecular complexity index is 470. The minimum absolute atomic E-state index is 0.259. The summed E-state index contributed by atoms with van der Waals surface area (Å²) < 4.78 is 11.5. The molecule has 2 heterocycles. The summed E-state index contributed by atoms with van der Waals surface area (Å²) in [6, 6.07) is 0. The summed E-state index contributed by atoms with van der Waals surface area (Å²) in [7, 11) is 0. The number of carbonyl (C=O) groups excluding carboxylic acids is 1. The third kappa shape index (κ3) is 4.97. The molecule has 1 fully saturated rings. The van der Waals surface area contributed by atoms with Gasteiger partial charge in [-0.05, 0) is 40.5 Å². The van der Waals surface area contributed by atoms with Gasteiger partial charge in [0.2, 0.25) is 0 Å². The number of hydrogen-bond acceptors (Lipinski definition) is 5. The fourth-order valence-electron chi connectivity index (χ4n) is 2.36. The Labute approximate surface area is 130 Å². The molecule has 1 aromatic rings. The summed E-state index contributed by atoms with van der Waals surface area (Å²) in [6.45, 7) is 9.47. The molecule has 1 atom stereocenters. The highest BCUT2D eigenvalue weighted by Crippen LogP contribution is 2.27. The monoisotopic (exact) mass is 312 g/mol. The second-order valence-corrected chi connectivity index (χ2v) is 7.44. The Morgan fingerprint density at radius 3 is 2.90 bits per heavy atom. The Morgan fingerprint density at radius 1 is 1.52 bits per heavy atom. The quantitative estimate of drug-likeness (QED) is 0.858. The molecular formula is C15H24N2O3S. The van der Waals surface area contributed by atoms with Crippen LogP contribution >= 0.6 is 11.3 Å². The van der Waals surface area contributed by atoms with Crippen LogP contribution in [0.25, 0.3) is 0 Å². The maximum atomic E-state index is 12.2. The van der Waals surface area contributed by atoms with Gasteiger partial charge in [0.15, 0.2) is 0 Å². The first-order valence-corrected chi connectivity index (χ1v) is 8.21. The Hall–Kier alpha value is -1.14. The lowest BCUT2D eigenvalue weighted by atomic mass is 9.95. The summed E-state index contributed by atoms with van der Waals surface area (Å²) >= 11 is 1.56. The van der Waals surface area contributed by atoms with E-state index >= 15 is 0 Å². The molecule has 0 radical (unpaired) electrons. The van der Waals surface area contributed by atoms with Gasteiger partial charge in [-0.3, -0.25) is 0 Å². The molecule has 1 aliphatic rings. The zero-order valence-corrected chi connectivity index (χ0v) is 14.0. The molecule has 5 nitrogen and oxygen atoms in total. The molecule has 1 aliphatic heterocycles. The Kier molecular flexibility index (Phi) is 4.88. The third-order valence-electron chi connectivity index (χ3n) is 3.36. The largest absolute Gasteiger partial charge is 0.444 e. The first kappa shape index (κ1) is 16.2. The topological polar surface area (TPSA) is 51.7 Å². The predicted octanol–water partition coefficient (Wildman–Crippen LogP) is 3.45. The van der Waals surface area contributed by atoms with Crippen molar-refractivity contribution in [2.45, 2.75) is 58.3 Å². The molecule has 21 heavy (non-hydrogen) atoms. The maximum Gasteiger partial charge on any atom is 0.410 e. The number of hydrogen-bond donors (Lipinski definition) is 0. The van der Waals surface area contributed by atoms with E-state index in [9.17, 15) is 4.79 Å². The van der Waals surface area contributed by atoms with E-state index in [1.165, 1.54) is 0 Å². The van der Waals surface area contributed by atoms with E-state index < -0.39 is 5.60 Å². The van der Waals surface area contributed by atoms with Crippen molar-refractivity contribution in [3.63, 3.8) is 0 Å². The number of thiazole rings is 1. The van der Waals surface area contributed by atoms with Crippen molar-refractivity contribution in [3.05, 3.63) is 16.6 Å². The van der Waals surface area contributed by atoms with Gasteiger partial charge in [-0.25, -0.2) is 9.78 Å². The average Bonchev–Trinajstić information content (AvgIpc) is 2.88. The van der Waals surface area contributed by atoms with Crippen LogP contribution in [0.1, 0.15) is 46.2 Å². The molecule has 0 bridgehead atoms. The lowest BCUT2D eigenvalue weighted by Crippen LogP contribution is -2.51. The highest BCUT2D eigenvalue weighted by atomic mass is 32.1. The van der Waals surface area contributed by atoms with E-state index in [0.29, 0.717) is 13.2 Å². The Morgan fingerprint density at radius 2 is 2.29 bits per heavy atom. The Balaban J connectivity index is 1.91. The van der Waals surface area contributed by atoms with Crippen molar-refractivity contribution >= 4 is 17.4 Å². The highest BCUT2D eigenvalue weighted by Gasteiger charge is 2.35. The number of amides is 1. The van der Waals surface area contributed by atoms with Gasteiger partial charge in [0, 0.05) is 11.9 Å². The maximum absolute atomic E-state index is 12.2. The van der Waals surface area contributed by atoms with Crippen LogP contribution in [0.3, 0.4) is 0 Å². The molecule has 118 valence electrons. The third-order valence-corrected chi connectivity index (χ3v) is 4.00. The molecule has 1 aromatic heterocycles. The number of aromatic nitrogens is 1. The molecule has 1 saturated heterocycles. The minimum Gasteiger partial charge on any atom is -0.444 e. The highest BCUT2D eigenvalue weighted by molar-refractivity contribution is 7.07. The van der Waals surface area contributed by atoms with E-state index in [-0.39, 0.29) is 11.7 Å². The fraction of sp³-hybridized carbons (Fsp3) is 0.733. The van der Waals surface area contributed by atoms with Crippen LogP contribution < -0.4 is 0 Å². The summed E-state index contributed by atoms with van der Waals surface area (Å²) in [5.41, 5.74) is 1.94. The predicted molar refractivity (Wildman–Crippen MR) is 82.3 cm³/mol. The van der Waals surface area contributed by atoms with Crippen LogP contribution in [0, 0.1) is 0 Å². The van der Waals surface area contributed by atoms with E-state index in [4.69, 9.17) is 9.47 Å². The van der Waals surface area contributed by atoms with Gasteiger partial charge in [0.05, 0.1) is 30.0 Å². The number of rotatable bonds is 3. The van der Waals surface area contributed by atoms with Crippen molar-refractivity contribution in [1.82, 2.24) is 9.88 Å². The molecule has 0 aliphatic carbocycles. The van der Waals surface area contributed by atoms with E-state index in [1.807, 2.05) is 26.2 Å². The smallest absolute Gasteiger partial charge is 0.410 e. The normalized spacial score (nSPS) is 23.1. The van der Waals surface area contributed by atoms with Crippen molar-refractivity contribution in [1.29, 1.82) is 0 Å². The second-order valence-electron chi connectivity index (χ2n) is 6.72. The van der Waals surface area contributed by atoms with Gasteiger partial charge in [-0.15, -0.1) is 11.3 Å². The van der Waals surface area contributed by atoms with E-state index in [0.717, 1.165) is 25.1 Å². The zero-order chi connectivity index (χ0) is 15.5. The number of nitrogens with zero attached hydrogens (tertiary/aromatic N) is 2. The zero-order valence-electron chi connectivity index (χ0n) is 13.2. The molecule has 2 rings (SSSR count). The van der Waals surface area contributed by atoms with Crippen LogP contribution in [0.4, 0.5) is 4.79 Å². The number of carbonyl (C=O) groups is 1. The van der Waals surface area contributed by atoms with Crippen LogP contribution in [-0.4, -0.2) is 40.3 Å². The molecule has 0 saturated carbocycles.